The molecule has 0 radical (unpaired) electrons. The summed E-state index contributed by atoms with van der Waals surface area (Å²) in [5.74, 6) is 2.36. The highest BCUT2D eigenvalue weighted by molar-refractivity contribution is 5.81. The van der Waals surface area contributed by atoms with Gasteiger partial charge in [-0.2, -0.15) is 0 Å². The fourth-order valence-corrected chi connectivity index (χ4v) is 8.97. The summed E-state index contributed by atoms with van der Waals surface area (Å²) in [6, 6.07) is 0. The third-order valence-corrected chi connectivity index (χ3v) is 11.5. The highest BCUT2D eigenvalue weighted by Gasteiger charge is 2.61. The zero-order chi connectivity index (χ0) is 27.3. The molecule has 0 aliphatic heterocycles. The van der Waals surface area contributed by atoms with Gasteiger partial charge in [0.1, 0.15) is 5.60 Å². The Morgan fingerprint density at radius 1 is 0.861 bits per heavy atom. The van der Waals surface area contributed by atoms with E-state index in [2.05, 4.69) is 55.4 Å². The van der Waals surface area contributed by atoms with Gasteiger partial charge in [-0.25, -0.2) is 4.79 Å². The van der Waals surface area contributed by atoms with Crippen LogP contribution in [0, 0.1) is 51.2 Å². The lowest BCUT2D eigenvalue weighted by atomic mass is 9.54. The van der Waals surface area contributed by atoms with Crippen LogP contribution in [0.1, 0.15) is 128 Å². The lowest BCUT2D eigenvalue weighted by Gasteiger charge is -2.55. The Morgan fingerprint density at radius 2 is 1.39 bits per heavy atom. The van der Waals surface area contributed by atoms with Gasteiger partial charge >= 0.3 is 11.9 Å². The molecule has 0 saturated heterocycles. The minimum absolute atomic E-state index is 0.0187. The second-order valence-electron chi connectivity index (χ2n) is 15.4. The number of ether oxygens (including phenoxy) is 2. The zero-order valence-electron chi connectivity index (χ0n) is 25.4. The molecule has 0 spiro atoms. The van der Waals surface area contributed by atoms with E-state index in [1.165, 1.54) is 32.1 Å². The smallest absolute Gasteiger partial charge is 0.344 e. The molecule has 4 bridgehead atoms. The van der Waals surface area contributed by atoms with Crippen molar-refractivity contribution in [3.63, 3.8) is 0 Å². The van der Waals surface area contributed by atoms with Gasteiger partial charge in [0.25, 0.3) is 0 Å². The van der Waals surface area contributed by atoms with E-state index in [1.807, 2.05) is 20.8 Å². The van der Waals surface area contributed by atoms with Crippen molar-refractivity contribution in [2.24, 2.45) is 51.2 Å². The number of hydrogen-bond acceptors (Lipinski definition) is 4. The lowest BCUT2D eigenvalue weighted by molar-refractivity contribution is -0.200. The molecule has 36 heavy (non-hydrogen) atoms. The van der Waals surface area contributed by atoms with Crippen LogP contribution in [-0.4, -0.2) is 24.1 Å². The molecule has 0 heterocycles. The summed E-state index contributed by atoms with van der Waals surface area (Å²) >= 11 is 0. The number of carbonyl (C=O) groups is 2. The SMILES string of the molecule is CCC(CC)(OC(=O)COC(=O)C(C)(C(C)C)C(C)(C)C)C12CC3CC(CC(C3)C(C(C)(C)C)C1)C2. The summed E-state index contributed by atoms with van der Waals surface area (Å²) in [4.78, 5) is 26.6. The van der Waals surface area contributed by atoms with E-state index in [0.29, 0.717) is 5.92 Å². The molecule has 208 valence electrons. The molecule has 4 unspecified atom stereocenters. The van der Waals surface area contributed by atoms with E-state index >= 15 is 0 Å². The van der Waals surface area contributed by atoms with E-state index in [1.54, 1.807) is 0 Å². The number of hydrogen-bond donors (Lipinski definition) is 0. The van der Waals surface area contributed by atoms with Gasteiger partial charge in [0.05, 0.1) is 5.41 Å². The second kappa shape index (κ2) is 9.92. The molecule has 4 aliphatic rings. The third kappa shape index (κ3) is 5.00. The van der Waals surface area contributed by atoms with E-state index < -0.39 is 11.0 Å². The van der Waals surface area contributed by atoms with Crippen molar-refractivity contribution in [3.05, 3.63) is 0 Å². The summed E-state index contributed by atoms with van der Waals surface area (Å²) in [6.07, 6.45) is 9.17. The van der Waals surface area contributed by atoms with Crippen molar-refractivity contribution in [3.8, 4) is 0 Å². The normalized spacial score (nSPS) is 32.2. The molecule has 0 aromatic rings. The average Bonchev–Trinajstić information content (AvgIpc) is 2.95. The van der Waals surface area contributed by atoms with Crippen molar-refractivity contribution >= 4 is 11.9 Å². The molecule has 4 rings (SSSR count). The number of fused-ring (bicyclic) bond motifs is 1. The molecule has 0 N–H and O–H groups in total. The van der Waals surface area contributed by atoms with Crippen molar-refractivity contribution < 1.29 is 19.1 Å². The molecule has 4 heteroatoms. The van der Waals surface area contributed by atoms with Gasteiger partial charge in [-0.3, -0.25) is 4.79 Å². The Morgan fingerprint density at radius 3 is 1.81 bits per heavy atom. The first-order valence-electron chi connectivity index (χ1n) is 14.8. The van der Waals surface area contributed by atoms with E-state index in [0.717, 1.165) is 37.0 Å². The van der Waals surface area contributed by atoms with Crippen molar-refractivity contribution in [2.75, 3.05) is 6.61 Å². The lowest BCUT2D eigenvalue weighted by Crippen LogP contribution is -2.55. The maximum Gasteiger partial charge on any atom is 0.344 e. The molecule has 4 aliphatic carbocycles. The first-order chi connectivity index (χ1) is 16.4. The highest BCUT2D eigenvalue weighted by atomic mass is 16.6. The molecule has 4 atom stereocenters. The maximum absolute atomic E-state index is 13.4. The van der Waals surface area contributed by atoms with Gasteiger partial charge < -0.3 is 9.47 Å². The molecule has 4 fully saturated rings. The van der Waals surface area contributed by atoms with Gasteiger partial charge in [0.15, 0.2) is 6.61 Å². The predicted molar refractivity (Wildman–Crippen MR) is 146 cm³/mol. The van der Waals surface area contributed by atoms with Crippen LogP contribution in [0.15, 0.2) is 0 Å². The van der Waals surface area contributed by atoms with Crippen molar-refractivity contribution in [1.82, 2.24) is 0 Å². The van der Waals surface area contributed by atoms with Crippen LogP contribution in [0.4, 0.5) is 0 Å². The largest absolute Gasteiger partial charge is 0.456 e. The first-order valence-corrected chi connectivity index (χ1v) is 14.8. The Labute approximate surface area is 222 Å². The van der Waals surface area contributed by atoms with Gasteiger partial charge in [0.2, 0.25) is 0 Å². The summed E-state index contributed by atoms with van der Waals surface area (Å²) in [5, 5.41) is 0. The van der Waals surface area contributed by atoms with E-state index in [9.17, 15) is 9.59 Å². The Bertz CT molecular complexity index is 795. The quantitative estimate of drug-likeness (QED) is 0.312. The van der Waals surface area contributed by atoms with Gasteiger partial charge in [0, 0.05) is 5.41 Å². The first kappa shape index (κ1) is 29.5. The van der Waals surface area contributed by atoms with Crippen LogP contribution in [0.5, 0.6) is 0 Å². The fourth-order valence-electron chi connectivity index (χ4n) is 8.97. The molecular weight excluding hydrogens is 448 g/mol. The number of rotatable bonds is 8. The number of carbonyl (C=O) groups excluding carboxylic acids is 2. The molecule has 0 amide bonds. The summed E-state index contributed by atoms with van der Waals surface area (Å²) < 4.78 is 12.2. The third-order valence-electron chi connectivity index (χ3n) is 11.5. The Kier molecular flexibility index (Phi) is 8.12. The monoisotopic (exact) mass is 504 g/mol. The Balaban J connectivity index is 1.84. The standard InChI is InChI=1S/C32H56O4/c1-12-32(13-2,36-26(33)20-35-27(34)30(11,21(3)4)29(8,9)10)31-17-22-14-23(18-31)16-24(15-22)25(19-31)28(5,6)7/h21-25H,12-20H2,1-11H3. The van der Waals surface area contributed by atoms with Gasteiger partial charge in [-0.1, -0.05) is 69.2 Å². The zero-order valence-corrected chi connectivity index (χ0v) is 25.4. The minimum Gasteiger partial charge on any atom is -0.456 e. The van der Waals surface area contributed by atoms with Gasteiger partial charge in [-0.05, 0) is 98.7 Å². The van der Waals surface area contributed by atoms with Crippen LogP contribution in [0.3, 0.4) is 0 Å². The van der Waals surface area contributed by atoms with Crippen molar-refractivity contribution in [1.29, 1.82) is 0 Å². The van der Waals surface area contributed by atoms with Crippen LogP contribution in [-0.2, 0) is 19.1 Å². The molecule has 0 aromatic heterocycles. The van der Waals surface area contributed by atoms with Crippen molar-refractivity contribution in [2.45, 2.75) is 133 Å². The van der Waals surface area contributed by atoms with Crippen LogP contribution >= 0.6 is 0 Å². The summed E-state index contributed by atoms with van der Waals surface area (Å²) in [6.45, 7) is 23.5. The number of esters is 2. The molecular formula is C32H56O4. The van der Waals surface area contributed by atoms with Crippen LogP contribution in [0.2, 0.25) is 0 Å². The second-order valence-corrected chi connectivity index (χ2v) is 15.4. The van der Waals surface area contributed by atoms with E-state index in [4.69, 9.17) is 9.47 Å². The molecule has 4 nitrogen and oxygen atoms in total. The van der Waals surface area contributed by atoms with Gasteiger partial charge in [-0.15, -0.1) is 0 Å². The topological polar surface area (TPSA) is 52.6 Å². The van der Waals surface area contributed by atoms with E-state index in [-0.39, 0.29) is 40.7 Å². The highest BCUT2D eigenvalue weighted by Crippen LogP contribution is 2.66. The van der Waals surface area contributed by atoms with Crippen LogP contribution in [0.25, 0.3) is 0 Å². The Hall–Kier alpha value is -1.06. The fraction of sp³-hybridized carbons (Fsp3) is 0.938. The summed E-state index contributed by atoms with van der Waals surface area (Å²) in [7, 11) is 0. The summed E-state index contributed by atoms with van der Waals surface area (Å²) in [5.41, 5.74) is -1.19. The van der Waals surface area contributed by atoms with Crippen LogP contribution < -0.4 is 0 Å². The predicted octanol–water partition coefficient (Wildman–Crippen LogP) is 8.22. The maximum atomic E-state index is 13.4. The molecule has 0 aromatic carbocycles. The minimum atomic E-state index is -0.683. The average molecular weight is 505 g/mol. The molecule has 4 saturated carbocycles.